The molecule has 0 aliphatic carbocycles. The minimum Gasteiger partial charge on any atom is -0.494 e. The first-order valence-corrected chi connectivity index (χ1v) is 14.9. The van der Waals surface area contributed by atoms with Gasteiger partial charge in [0.15, 0.2) is 0 Å². The molecule has 0 aliphatic heterocycles. The number of unbranched alkanes of at least 4 members (excludes halogenated alkanes) is 3. The van der Waals surface area contributed by atoms with Crippen LogP contribution in [-0.4, -0.2) is 30.4 Å². The summed E-state index contributed by atoms with van der Waals surface area (Å²) in [7, 11) is 0. The first-order chi connectivity index (χ1) is 21.9. The van der Waals surface area contributed by atoms with Gasteiger partial charge in [-0.2, -0.15) is 0 Å². The maximum Gasteiger partial charge on any atom is 0.343 e. The minimum absolute atomic E-state index is 0.344. The van der Waals surface area contributed by atoms with Crippen LogP contribution < -0.4 is 9.47 Å². The number of ether oxygens (including phenoxy) is 3. The molecule has 0 spiro atoms. The molecule has 0 aromatic heterocycles. The van der Waals surface area contributed by atoms with Gasteiger partial charge >= 0.3 is 11.9 Å². The molecule has 4 aromatic carbocycles. The van der Waals surface area contributed by atoms with E-state index in [0.29, 0.717) is 30.1 Å². The Bertz CT molecular complexity index is 1550. The van der Waals surface area contributed by atoms with Gasteiger partial charge in [0, 0.05) is 5.57 Å². The molecule has 0 aliphatic rings. The van der Waals surface area contributed by atoms with E-state index < -0.39 is 12.1 Å². The molecular weight excluding hydrogens is 568 g/mol. The molecule has 1 unspecified atom stereocenters. The van der Waals surface area contributed by atoms with Crippen molar-refractivity contribution in [2.45, 2.75) is 38.7 Å². The van der Waals surface area contributed by atoms with E-state index in [4.69, 9.17) is 19.1 Å². The highest BCUT2D eigenvalue weighted by molar-refractivity contribution is 5.91. The van der Waals surface area contributed by atoms with Crippen LogP contribution in [0.15, 0.2) is 116 Å². The molecule has 0 fully saturated rings. The third-order valence-electron chi connectivity index (χ3n) is 7.17. The Balaban J connectivity index is 1.25. The molecule has 0 heterocycles. The summed E-state index contributed by atoms with van der Waals surface area (Å²) in [6.07, 6.45) is 4.69. The highest BCUT2D eigenvalue weighted by atomic mass is 17.1. The molecule has 1 N–H and O–H groups in total. The van der Waals surface area contributed by atoms with Crippen LogP contribution in [0.5, 0.6) is 11.5 Å². The second kappa shape index (κ2) is 16.8. The number of carbonyl (C=O) groups is 2. The summed E-state index contributed by atoms with van der Waals surface area (Å²) >= 11 is 0. The predicted octanol–water partition coefficient (Wildman–Crippen LogP) is 8.85. The van der Waals surface area contributed by atoms with Crippen molar-refractivity contribution in [1.29, 1.82) is 0 Å². The predicted molar refractivity (Wildman–Crippen MR) is 175 cm³/mol. The van der Waals surface area contributed by atoms with Crippen LogP contribution in [0, 0.1) is 0 Å². The highest BCUT2D eigenvalue weighted by Gasteiger charge is 2.16. The third kappa shape index (κ3) is 9.76. The maximum atomic E-state index is 12.6. The summed E-state index contributed by atoms with van der Waals surface area (Å²) < 4.78 is 16.4. The molecule has 232 valence electrons. The van der Waals surface area contributed by atoms with Gasteiger partial charge in [-0.15, -0.1) is 0 Å². The van der Waals surface area contributed by atoms with Gasteiger partial charge in [-0.25, -0.2) is 14.5 Å². The van der Waals surface area contributed by atoms with Crippen molar-refractivity contribution >= 4 is 18.0 Å². The zero-order valence-corrected chi connectivity index (χ0v) is 25.4. The van der Waals surface area contributed by atoms with Crippen LogP contribution in [0.1, 0.15) is 65.8 Å². The number of esters is 2. The van der Waals surface area contributed by atoms with Crippen molar-refractivity contribution < 1.29 is 33.9 Å². The molecule has 4 rings (SSSR count). The average molecular weight is 607 g/mol. The molecule has 0 saturated heterocycles. The lowest BCUT2D eigenvalue weighted by Gasteiger charge is -2.16. The molecule has 7 heteroatoms. The van der Waals surface area contributed by atoms with E-state index in [2.05, 4.69) is 13.2 Å². The average Bonchev–Trinajstić information content (AvgIpc) is 3.07. The first kappa shape index (κ1) is 32.9. The van der Waals surface area contributed by atoms with Gasteiger partial charge < -0.3 is 14.2 Å². The summed E-state index contributed by atoms with van der Waals surface area (Å²) in [5.41, 5.74) is 5.26. The van der Waals surface area contributed by atoms with Gasteiger partial charge in [0.2, 0.25) is 0 Å². The largest absolute Gasteiger partial charge is 0.494 e. The molecule has 0 amide bonds. The van der Waals surface area contributed by atoms with Crippen LogP contribution in [0.3, 0.4) is 0 Å². The number of hydrogen-bond acceptors (Lipinski definition) is 7. The minimum atomic E-state index is -0.662. The number of benzene rings is 4. The van der Waals surface area contributed by atoms with Crippen LogP contribution in [-0.2, 0) is 14.4 Å². The van der Waals surface area contributed by atoms with Crippen LogP contribution in [0.2, 0.25) is 0 Å². The zero-order chi connectivity index (χ0) is 32.0. The van der Waals surface area contributed by atoms with Gasteiger partial charge in [0.25, 0.3) is 0 Å². The molecule has 1 atom stereocenters. The van der Waals surface area contributed by atoms with Gasteiger partial charge in [0.1, 0.15) is 17.6 Å². The fourth-order valence-electron chi connectivity index (χ4n) is 4.58. The Morgan fingerprint density at radius 2 is 1.27 bits per heavy atom. The second-order valence-electron chi connectivity index (χ2n) is 10.6. The van der Waals surface area contributed by atoms with Gasteiger partial charge in [-0.1, -0.05) is 79.9 Å². The normalized spacial score (nSPS) is 11.3. The highest BCUT2D eigenvalue weighted by Crippen LogP contribution is 2.29. The molecule has 0 radical (unpaired) electrons. The van der Waals surface area contributed by atoms with E-state index in [0.717, 1.165) is 59.3 Å². The van der Waals surface area contributed by atoms with E-state index in [9.17, 15) is 14.8 Å². The summed E-state index contributed by atoms with van der Waals surface area (Å²) in [5, 5.41) is 9.71. The summed E-state index contributed by atoms with van der Waals surface area (Å²) in [4.78, 5) is 28.8. The van der Waals surface area contributed by atoms with Crippen molar-refractivity contribution in [2.75, 3.05) is 13.2 Å². The third-order valence-corrected chi connectivity index (χ3v) is 7.17. The first-order valence-electron chi connectivity index (χ1n) is 14.9. The smallest absolute Gasteiger partial charge is 0.343 e. The lowest BCUT2D eigenvalue weighted by molar-refractivity contribution is -0.270. The quantitative estimate of drug-likeness (QED) is 0.0340. The summed E-state index contributed by atoms with van der Waals surface area (Å²) in [6, 6.07) is 29.5. The Morgan fingerprint density at radius 3 is 1.82 bits per heavy atom. The topological polar surface area (TPSA) is 91.3 Å². The maximum absolute atomic E-state index is 12.6. The summed E-state index contributed by atoms with van der Waals surface area (Å²) in [5.74, 6) is 0.428. The van der Waals surface area contributed by atoms with Crippen molar-refractivity contribution in [3.63, 3.8) is 0 Å². The van der Waals surface area contributed by atoms with Crippen LogP contribution in [0.25, 0.3) is 17.2 Å². The van der Waals surface area contributed by atoms with E-state index in [1.165, 1.54) is 0 Å². The number of carbonyl (C=O) groups excluding carboxylic acids is 2. The van der Waals surface area contributed by atoms with E-state index in [1.54, 1.807) is 37.3 Å². The Labute approximate surface area is 264 Å². The number of hydrogen-bond donors (Lipinski definition) is 1. The van der Waals surface area contributed by atoms with Crippen molar-refractivity contribution in [2.24, 2.45) is 0 Å². The SMILES string of the molecule is C=Cc1ccc(OC(=O)c2ccc(-c3ccc(C(OO)c4ccc(OCCCCCCOC(=O)C(=C)C)cc4)cc3)cc2)cc1. The molecule has 45 heavy (non-hydrogen) atoms. The molecule has 4 aromatic rings. The van der Waals surface area contributed by atoms with E-state index in [1.807, 2.05) is 72.8 Å². The van der Waals surface area contributed by atoms with Crippen LogP contribution in [0.4, 0.5) is 0 Å². The Morgan fingerprint density at radius 1 is 0.733 bits per heavy atom. The second-order valence-corrected chi connectivity index (χ2v) is 10.6. The Kier molecular flexibility index (Phi) is 12.3. The van der Waals surface area contributed by atoms with Crippen LogP contribution >= 0.6 is 0 Å². The monoisotopic (exact) mass is 606 g/mol. The zero-order valence-electron chi connectivity index (χ0n) is 25.4. The molecule has 0 bridgehead atoms. The standard InChI is InChI=1S/C38H38O7/c1-4-28-9-21-35(22-10-28)44-38(40)33-17-13-30(14-18-33)29-11-15-31(16-12-29)36(45-41)32-19-23-34(24-20-32)42-25-7-5-6-8-26-43-37(39)27(2)3/h4,9-24,36,41H,1-2,5-8,25-26H2,3H3. The fraction of sp³-hybridized carbons (Fsp3) is 0.211. The fourth-order valence-corrected chi connectivity index (χ4v) is 4.58. The molecule has 7 nitrogen and oxygen atoms in total. The van der Waals surface area contributed by atoms with Gasteiger partial charge in [-0.3, -0.25) is 5.26 Å². The van der Waals surface area contributed by atoms with Gasteiger partial charge in [-0.05, 0) is 96.8 Å². The lowest BCUT2D eigenvalue weighted by Crippen LogP contribution is -2.08. The van der Waals surface area contributed by atoms with Crippen molar-refractivity contribution in [3.05, 3.63) is 138 Å². The van der Waals surface area contributed by atoms with Gasteiger partial charge in [0.05, 0.1) is 18.8 Å². The van der Waals surface area contributed by atoms with E-state index >= 15 is 0 Å². The number of rotatable bonds is 16. The lowest BCUT2D eigenvalue weighted by atomic mass is 9.97. The molecular formula is C38H38O7. The summed E-state index contributed by atoms with van der Waals surface area (Å²) in [6.45, 7) is 9.91. The Hall–Kier alpha value is -4.98. The molecule has 0 saturated carbocycles. The van der Waals surface area contributed by atoms with E-state index in [-0.39, 0.29) is 5.97 Å². The van der Waals surface area contributed by atoms with Crippen molar-refractivity contribution in [1.82, 2.24) is 0 Å². The van der Waals surface area contributed by atoms with Crippen molar-refractivity contribution in [3.8, 4) is 22.6 Å².